The highest BCUT2D eigenvalue weighted by Crippen LogP contribution is 2.36. The third-order valence-corrected chi connectivity index (χ3v) is 9.61. The lowest BCUT2D eigenvalue weighted by Gasteiger charge is -2.18. The number of esters is 2. The molecule has 0 amide bonds. The van der Waals surface area contributed by atoms with E-state index in [1.807, 2.05) is 0 Å². The van der Waals surface area contributed by atoms with Crippen molar-refractivity contribution in [2.24, 2.45) is 0 Å². The molecule has 0 spiro atoms. The Morgan fingerprint density at radius 3 is 1.06 bits per heavy atom. The summed E-state index contributed by atoms with van der Waals surface area (Å²) in [5, 5.41) is 0. The van der Waals surface area contributed by atoms with Crippen LogP contribution in [0.2, 0.25) is 0 Å². The van der Waals surface area contributed by atoms with E-state index in [0.29, 0.717) is 6.42 Å². The van der Waals surface area contributed by atoms with Crippen molar-refractivity contribution >= 4 is 19.8 Å². The summed E-state index contributed by atoms with van der Waals surface area (Å²) in [6, 6.07) is 0. The second kappa shape index (κ2) is 35.9. The molecule has 1 unspecified atom stereocenters. The van der Waals surface area contributed by atoms with Crippen LogP contribution in [0, 0.1) is 0 Å². The lowest BCUT2D eigenvalue weighted by Crippen LogP contribution is -2.29. The van der Waals surface area contributed by atoms with Crippen LogP contribution in [-0.2, 0) is 28.2 Å². The largest absolute Gasteiger partial charge is 0.469 e. The smallest absolute Gasteiger partial charge is 0.462 e. The Hall–Kier alpha value is -0.950. The summed E-state index contributed by atoms with van der Waals surface area (Å²) < 4.78 is 26.4. The van der Waals surface area contributed by atoms with Gasteiger partial charge in [0, 0.05) is 12.8 Å². The van der Waals surface area contributed by atoms with E-state index in [1.54, 1.807) is 0 Å². The highest BCUT2D eigenvalue weighted by atomic mass is 31.2. The van der Waals surface area contributed by atoms with Crippen molar-refractivity contribution in [3.63, 3.8) is 0 Å². The highest BCUT2D eigenvalue weighted by molar-refractivity contribution is 7.46. The van der Waals surface area contributed by atoms with Crippen molar-refractivity contribution in [1.29, 1.82) is 0 Å². The maximum atomic E-state index is 12.4. The maximum Gasteiger partial charge on any atom is 0.469 e. The average Bonchev–Trinajstić information content (AvgIpc) is 3.05. The van der Waals surface area contributed by atoms with Gasteiger partial charge in [-0.15, -0.1) is 0 Å². The summed E-state index contributed by atoms with van der Waals surface area (Å²) in [5.41, 5.74) is 0. The molecule has 0 saturated carbocycles. The fourth-order valence-electron chi connectivity index (χ4n) is 6.08. The molecule has 0 aromatic carbocycles. The van der Waals surface area contributed by atoms with E-state index in [4.69, 9.17) is 19.3 Å². The fourth-order valence-corrected chi connectivity index (χ4v) is 6.44. The van der Waals surface area contributed by atoms with E-state index in [-0.39, 0.29) is 19.4 Å². The fraction of sp³-hybridized carbons (Fsp3) is 0.949. The van der Waals surface area contributed by atoms with Gasteiger partial charge in [0.25, 0.3) is 0 Å². The minimum Gasteiger partial charge on any atom is -0.462 e. The SMILES string of the molecule is CCCCCCCCCCCCCCCCCCC(=O)OC(COC(=O)CCCCCCCCCCCCCCCC)COP(=O)(O)O. The van der Waals surface area contributed by atoms with Gasteiger partial charge in [-0.2, -0.15) is 0 Å². The Labute approximate surface area is 295 Å². The van der Waals surface area contributed by atoms with Crippen molar-refractivity contribution in [2.75, 3.05) is 13.2 Å². The van der Waals surface area contributed by atoms with Crippen molar-refractivity contribution in [3.05, 3.63) is 0 Å². The molecular formula is C39H77O8P. The normalized spacial score (nSPS) is 12.3. The van der Waals surface area contributed by atoms with Crippen LogP contribution in [0.25, 0.3) is 0 Å². The predicted molar refractivity (Wildman–Crippen MR) is 198 cm³/mol. The molecule has 0 aliphatic heterocycles. The van der Waals surface area contributed by atoms with E-state index >= 15 is 0 Å². The van der Waals surface area contributed by atoms with Gasteiger partial charge >= 0.3 is 19.8 Å². The van der Waals surface area contributed by atoms with E-state index < -0.39 is 32.5 Å². The minimum atomic E-state index is -4.74. The lowest BCUT2D eigenvalue weighted by atomic mass is 10.0. The van der Waals surface area contributed by atoms with Gasteiger partial charge in [0.1, 0.15) is 6.61 Å². The van der Waals surface area contributed by atoms with Crippen molar-refractivity contribution in [1.82, 2.24) is 0 Å². The summed E-state index contributed by atoms with van der Waals surface area (Å²) in [4.78, 5) is 42.8. The average molecular weight is 705 g/mol. The van der Waals surface area contributed by atoms with Gasteiger partial charge in [-0.1, -0.05) is 194 Å². The molecular weight excluding hydrogens is 627 g/mol. The molecule has 0 rings (SSSR count). The molecule has 0 heterocycles. The Morgan fingerprint density at radius 2 is 0.750 bits per heavy atom. The summed E-state index contributed by atoms with van der Waals surface area (Å²) in [7, 11) is -4.74. The zero-order valence-electron chi connectivity index (χ0n) is 31.4. The summed E-state index contributed by atoms with van der Waals surface area (Å²) >= 11 is 0. The number of unbranched alkanes of at least 4 members (excludes halogenated alkanes) is 28. The van der Waals surface area contributed by atoms with Crippen LogP contribution in [0.5, 0.6) is 0 Å². The number of phosphoric ester groups is 1. The number of carbonyl (C=O) groups excluding carboxylic acids is 2. The predicted octanol–water partition coefficient (Wildman–Crippen LogP) is 12.1. The first-order valence-electron chi connectivity index (χ1n) is 20.3. The second-order valence-electron chi connectivity index (χ2n) is 14.0. The van der Waals surface area contributed by atoms with Gasteiger partial charge in [-0.25, -0.2) is 4.57 Å². The van der Waals surface area contributed by atoms with Crippen LogP contribution in [0.4, 0.5) is 0 Å². The number of ether oxygens (including phenoxy) is 2. The first-order chi connectivity index (χ1) is 23.3. The molecule has 0 aromatic rings. The Bertz CT molecular complexity index is 756. The molecule has 1 atom stereocenters. The molecule has 0 aliphatic carbocycles. The van der Waals surface area contributed by atoms with Crippen LogP contribution in [-0.4, -0.2) is 41.0 Å². The number of carbonyl (C=O) groups is 2. The zero-order chi connectivity index (χ0) is 35.4. The molecule has 9 heteroatoms. The van der Waals surface area contributed by atoms with Gasteiger partial charge in [0.05, 0.1) is 6.61 Å². The second-order valence-corrected chi connectivity index (χ2v) is 15.2. The third-order valence-electron chi connectivity index (χ3n) is 9.13. The zero-order valence-corrected chi connectivity index (χ0v) is 32.3. The molecule has 0 radical (unpaired) electrons. The molecule has 0 bridgehead atoms. The molecule has 48 heavy (non-hydrogen) atoms. The van der Waals surface area contributed by atoms with Gasteiger partial charge in [-0.3, -0.25) is 14.1 Å². The number of hydrogen-bond acceptors (Lipinski definition) is 6. The lowest BCUT2D eigenvalue weighted by molar-refractivity contribution is -0.161. The van der Waals surface area contributed by atoms with E-state index in [1.165, 1.54) is 154 Å². The van der Waals surface area contributed by atoms with E-state index in [2.05, 4.69) is 18.4 Å². The van der Waals surface area contributed by atoms with Crippen LogP contribution >= 0.6 is 7.82 Å². The quantitative estimate of drug-likeness (QED) is 0.0370. The molecule has 286 valence electrons. The number of hydrogen-bond donors (Lipinski definition) is 2. The number of phosphoric acid groups is 1. The molecule has 8 nitrogen and oxygen atoms in total. The third kappa shape index (κ3) is 37.9. The monoisotopic (exact) mass is 705 g/mol. The van der Waals surface area contributed by atoms with Crippen LogP contribution < -0.4 is 0 Å². The van der Waals surface area contributed by atoms with Crippen molar-refractivity contribution in [2.45, 2.75) is 225 Å². The van der Waals surface area contributed by atoms with Crippen LogP contribution in [0.15, 0.2) is 0 Å². The first kappa shape index (κ1) is 47.0. The first-order valence-corrected chi connectivity index (χ1v) is 21.9. The Balaban J connectivity index is 3.88. The Kier molecular flexibility index (Phi) is 35.2. The van der Waals surface area contributed by atoms with Gasteiger partial charge in [0.15, 0.2) is 6.10 Å². The van der Waals surface area contributed by atoms with Crippen LogP contribution in [0.1, 0.15) is 219 Å². The molecule has 0 aromatic heterocycles. The summed E-state index contributed by atoms with van der Waals surface area (Å²) in [6.45, 7) is 3.71. The van der Waals surface area contributed by atoms with E-state index in [9.17, 15) is 14.2 Å². The van der Waals surface area contributed by atoms with Gasteiger partial charge < -0.3 is 19.3 Å². The number of rotatable bonds is 38. The molecule has 2 N–H and O–H groups in total. The maximum absolute atomic E-state index is 12.4. The van der Waals surface area contributed by atoms with Crippen molar-refractivity contribution in [3.8, 4) is 0 Å². The van der Waals surface area contributed by atoms with Gasteiger partial charge in [0.2, 0.25) is 0 Å². The van der Waals surface area contributed by atoms with Crippen molar-refractivity contribution < 1.29 is 37.9 Å². The topological polar surface area (TPSA) is 119 Å². The molecule has 0 aliphatic rings. The van der Waals surface area contributed by atoms with E-state index in [0.717, 1.165) is 32.1 Å². The standard InChI is InChI=1S/C39H77O8P/c1-3-5-7-9-11-13-15-17-19-20-22-24-26-28-30-32-34-39(41)47-37(36-46-48(42,43)44)35-45-38(40)33-31-29-27-25-23-21-18-16-14-12-10-8-6-4-2/h37H,3-36H2,1-2H3,(H2,42,43,44). The molecule has 0 saturated heterocycles. The van der Waals surface area contributed by atoms with Gasteiger partial charge in [-0.05, 0) is 12.8 Å². The van der Waals surface area contributed by atoms with Crippen LogP contribution in [0.3, 0.4) is 0 Å². The summed E-state index contributed by atoms with van der Waals surface area (Å²) in [5.74, 6) is -0.869. The highest BCUT2D eigenvalue weighted by Gasteiger charge is 2.22. The minimum absolute atomic E-state index is 0.220. The Morgan fingerprint density at radius 1 is 0.458 bits per heavy atom. The summed E-state index contributed by atoms with van der Waals surface area (Å²) in [6.07, 6.45) is 36.8. The molecule has 0 fully saturated rings.